The van der Waals surface area contributed by atoms with E-state index in [0.29, 0.717) is 12.3 Å². The smallest absolute Gasteiger partial charge is 0.222 e. The number of rotatable bonds is 5. The van der Waals surface area contributed by atoms with Gasteiger partial charge in [-0.15, -0.1) is 0 Å². The molecule has 3 nitrogen and oxygen atoms in total. The van der Waals surface area contributed by atoms with Crippen molar-refractivity contribution in [2.24, 2.45) is 10.9 Å². The minimum absolute atomic E-state index is 0.315. The zero-order valence-corrected chi connectivity index (χ0v) is 15.1. The summed E-state index contributed by atoms with van der Waals surface area (Å²) < 4.78 is 1.27. The summed E-state index contributed by atoms with van der Waals surface area (Å²) in [5, 5.41) is 0. The van der Waals surface area contributed by atoms with Crippen LogP contribution in [0, 0.1) is 5.92 Å². The SMILES string of the molecule is O=C(CCc1ccccc1)N1CCC(CSC2=NCCS2)CC1. The molecular weight excluding hydrogens is 324 g/mol. The van der Waals surface area contributed by atoms with Gasteiger partial charge in [0.25, 0.3) is 0 Å². The van der Waals surface area contributed by atoms with Gasteiger partial charge in [-0.3, -0.25) is 9.79 Å². The van der Waals surface area contributed by atoms with Crippen LogP contribution in [-0.2, 0) is 11.2 Å². The Labute approximate surface area is 147 Å². The maximum Gasteiger partial charge on any atom is 0.222 e. The van der Waals surface area contributed by atoms with Crippen molar-refractivity contribution in [2.75, 3.05) is 31.1 Å². The van der Waals surface area contributed by atoms with Crippen LogP contribution in [0.3, 0.4) is 0 Å². The molecule has 0 bridgehead atoms. The highest BCUT2D eigenvalue weighted by Crippen LogP contribution is 2.28. The quantitative estimate of drug-likeness (QED) is 0.813. The monoisotopic (exact) mass is 348 g/mol. The van der Waals surface area contributed by atoms with Crippen molar-refractivity contribution < 1.29 is 4.79 Å². The van der Waals surface area contributed by atoms with Gasteiger partial charge in [0, 0.05) is 31.0 Å². The van der Waals surface area contributed by atoms with Crippen LogP contribution in [0.2, 0.25) is 0 Å². The first-order valence-corrected chi connectivity index (χ1v) is 10.4. The van der Waals surface area contributed by atoms with Gasteiger partial charge in [0.2, 0.25) is 5.91 Å². The molecule has 2 aliphatic heterocycles. The second-order valence-corrected chi connectivity index (χ2v) is 8.47. The molecule has 1 amide bonds. The highest BCUT2D eigenvalue weighted by Gasteiger charge is 2.23. The third-order valence-corrected chi connectivity index (χ3v) is 6.92. The molecular formula is C18H24N2OS2. The average Bonchev–Trinajstić information content (AvgIpc) is 3.13. The third-order valence-electron chi connectivity index (χ3n) is 4.44. The number of nitrogens with zero attached hydrogens (tertiary/aromatic N) is 2. The van der Waals surface area contributed by atoms with E-state index in [1.54, 1.807) is 0 Å². The van der Waals surface area contributed by atoms with Crippen molar-refractivity contribution in [3.05, 3.63) is 35.9 Å². The van der Waals surface area contributed by atoms with E-state index in [2.05, 4.69) is 22.0 Å². The molecule has 0 N–H and O–H groups in total. The largest absolute Gasteiger partial charge is 0.343 e. The summed E-state index contributed by atoms with van der Waals surface area (Å²) >= 11 is 3.81. The maximum atomic E-state index is 12.3. The van der Waals surface area contributed by atoms with Gasteiger partial charge < -0.3 is 4.90 Å². The second kappa shape index (κ2) is 8.78. The van der Waals surface area contributed by atoms with Gasteiger partial charge in [-0.1, -0.05) is 53.9 Å². The fraction of sp³-hybridized carbons (Fsp3) is 0.556. The summed E-state index contributed by atoms with van der Waals surface area (Å²) in [6.45, 7) is 2.85. The summed E-state index contributed by atoms with van der Waals surface area (Å²) in [4.78, 5) is 18.9. The minimum Gasteiger partial charge on any atom is -0.343 e. The summed E-state index contributed by atoms with van der Waals surface area (Å²) in [7, 11) is 0. The standard InChI is InChI=1S/C18H24N2OS2/c21-17(7-6-15-4-2-1-3-5-15)20-11-8-16(9-12-20)14-23-18-19-10-13-22-18/h1-5,16H,6-14H2. The fourth-order valence-electron chi connectivity index (χ4n) is 3.00. The van der Waals surface area contributed by atoms with Crippen molar-refractivity contribution in [3.63, 3.8) is 0 Å². The molecule has 124 valence electrons. The van der Waals surface area contributed by atoms with E-state index in [-0.39, 0.29) is 0 Å². The number of carbonyl (C=O) groups excluding carboxylic acids is 1. The molecule has 1 saturated heterocycles. The van der Waals surface area contributed by atoms with Crippen molar-refractivity contribution in [1.29, 1.82) is 0 Å². The lowest BCUT2D eigenvalue weighted by atomic mass is 9.98. The number of hydrogen-bond acceptors (Lipinski definition) is 4. The lowest BCUT2D eigenvalue weighted by Crippen LogP contribution is -2.39. The Morgan fingerprint density at radius 3 is 2.74 bits per heavy atom. The van der Waals surface area contributed by atoms with Crippen LogP contribution in [0.1, 0.15) is 24.8 Å². The first-order chi connectivity index (χ1) is 11.3. The molecule has 0 saturated carbocycles. The van der Waals surface area contributed by atoms with E-state index in [4.69, 9.17) is 0 Å². The Hall–Kier alpha value is -0.940. The molecule has 2 heterocycles. The number of hydrogen-bond donors (Lipinski definition) is 0. The third kappa shape index (κ3) is 5.28. The van der Waals surface area contributed by atoms with Crippen molar-refractivity contribution >= 4 is 33.8 Å². The normalized spacial score (nSPS) is 19.0. The number of carbonyl (C=O) groups is 1. The highest BCUT2D eigenvalue weighted by molar-refractivity contribution is 8.39. The molecule has 1 fully saturated rings. The Morgan fingerprint density at radius 1 is 1.26 bits per heavy atom. The van der Waals surface area contributed by atoms with E-state index in [9.17, 15) is 4.79 Å². The predicted octanol–water partition coefficient (Wildman–Crippen LogP) is 3.69. The number of amides is 1. The van der Waals surface area contributed by atoms with Crippen LogP contribution in [0.25, 0.3) is 0 Å². The zero-order valence-electron chi connectivity index (χ0n) is 13.4. The minimum atomic E-state index is 0.315. The van der Waals surface area contributed by atoms with Crippen LogP contribution < -0.4 is 0 Å². The molecule has 0 aliphatic carbocycles. The number of likely N-dealkylation sites (tertiary alicyclic amines) is 1. The Morgan fingerprint density at radius 2 is 2.04 bits per heavy atom. The number of aryl methyl sites for hydroxylation is 1. The Balaban J connectivity index is 1.35. The van der Waals surface area contributed by atoms with Crippen LogP contribution in [-0.4, -0.2) is 46.3 Å². The van der Waals surface area contributed by atoms with E-state index in [1.807, 2.05) is 41.7 Å². The Bertz CT molecular complexity index is 539. The molecule has 0 radical (unpaired) electrons. The molecule has 1 aromatic rings. The summed E-state index contributed by atoms with van der Waals surface area (Å²) in [6, 6.07) is 10.3. The van der Waals surface area contributed by atoms with Gasteiger partial charge >= 0.3 is 0 Å². The lowest BCUT2D eigenvalue weighted by molar-refractivity contribution is -0.132. The van der Waals surface area contributed by atoms with Crippen molar-refractivity contribution in [3.8, 4) is 0 Å². The summed E-state index contributed by atoms with van der Waals surface area (Å²) in [5.74, 6) is 3.37. The van der Waals surface area contributed by atoms with Gasteiger partial charge in [0.15, 0.2) is 0 Å². The summed E-state index contributed by atoms with van der Waals surface area (Å²) in [5.41, 5.74) is 1.25. The van der Waals surface area contributed by atoms with Gasteiger partial charge in [0.1, 0.15) is 4.38 Å². The van der Waals surface area contributed by atoms with E-state index in [0.717, 1.165) is 56.3 Å². The molecule has 0 spiro atoms. The second-order valence-electron chi connectivity index (χ2n) is 6.12. The first kappa shape index (κ1) is 16.9. The van der Waals surface area contributed by atoms with Crippen LogP contribution in [0.4, 0.5) is 0 Å². The van der Waals surface area contributed by atoms with Gasteiger partial charge in [-0.05, 0) is 30.7 Å². The Kier molecular flexibility index (Phi) is 6.46. The number of piperidine rings is 1. The topological polar surface area (TPSA) is 32.7 Å². The number of benzene rings is 1. The summed E-state index contributed by atoms with van der Waals surface area (Å²) in [6.07, 6.45) is 3.77. The van der Waals surface area contributed by atoms with Crippen LogP contribution >= 0.6 is 23.5 Å². The molecule has 0 atom stereocenters. The van der Waals surface area contributed by atoms with Gasteiger partial charge in [-0.2, -0.15) is 0 Å². The zero-order chi connectivity index (χ0) is 15.9. The average molecular weight is 349 g/mol. The molecule has 3 rings (SSSR count). The molecule has 23 heavy (non-hydrogen) atoms. The predicted molar refractivity (Wildman–Crippen MR) is 101 cm³/mol. The lowest BCUT2D eigenvalue weighted by Gasteiger charge is -2.32. The van der Waals surface area contributed by atoms with E-state index >= 15 is 0 Å². The van der Waals surface area contributed by atoms with Crippen molar-refractivity contribution in [2.45, 2.75) is 25.7 Å². The molecule has 1 aromatic carbocycles. The van der Waals surface area contributed by atoms with E-state index in [1.165, 1.54) is 9.94 Å². The fourth-order valence-corrected chi connectivity index (χ4v) is 5.22. The number of thioether (sulfide) groups is 2. The molecule has 0 unspecified atom stereocenters. The maximum absolute atomic E-state index is 12.3. The van der Waals surface area contributed by atoms with Crippen molar-refractivity contribution in [1.82, 2.24) is 4.90 Å². The molecule has 2 aliphatic rings. The highest BCUT2D eigenvalue weighted by atomic mass is 32.2. The van der Waals surface area contributed by atoms with Gasteiger partial charge in [-0.25, -0.2) is 0 Å². The van der Waals surface area contributed by atoms with E-state index < -0.39 is 0 Å². The number of aliphatic imine (C=N–C) groups is 1. The molecule has 5 heteroatoms. The molecule has 0 aromatic heterocycles. The van der Waals surface area contributed by atoms with Gasteiger partial charge in [0.05, 0.1) is 6.54 Å². The van der Waals surface area contributed by atoms with Crippen LogP contribution in [0.15, 0.2) is 35.3 Å². The first-order valence-electron chi connectivity index (χ1n) is 8.43. The van der Waals surface area contributed by atoms with Crippen LogP contribution in [0.5, 0.6) is 0 Å².